The van der Waals surface area contributed by atoms with Gasteiger partial charge in [-0.3, -0.25) is 9.69 Å². The minimum atomic E-state index is -0.251. The molecule has 2 aromatic carbocycles. The Bertz CT molecular complexity index is 780. The van der Waals surface area contributed by atoms with Gasteiger partial charge < -0.3 is 20.5 Å². The number of carbonyl (C=O) groups excluding carboxylic acids is 1. The lowest BCUT2D eigenvalue weighted by Gasteiger charge is -2.32. The maximum Gasteiger partial charge on any atom is 0.256 e. The Balaban J connectivity index is 1.74. The first kappa shape index (κ1) is 19.5. The molecule has 0 aliphatic carbocycles. The predicted molar refractivity (Wildman–Crippen MR) is 106 cm³/mol. The molecule has 1 heterocycles. The van der Waals surface area contributed by atoms with Crippen LogP contribution in [0.25, 0.3) is 0 Å². The summed E-state index contributed by atoms with van der Waals surface area (Å²) in [7, 11) is 0. The molecule has 3 rings (SSSR count). The lowest BCUT2D eigenvalue weighted by atomic mass is 10.1. The number of benzene rings is 2. The molecule has 0 aromatic heterocycles. The Kier molecular flexibility index (Phi) is 6.55. The fourth-order valence-electron chi connectivity index (χ4n) is 2.92. The van der Waals surface area contributed by atoms with Gasteiger partial charge in [-0.1, -0.05) is 41.9 Å². The van der Waals surface area contributed by atoms with Crippen LogP contribution in [-0.4, -0.2) is 43.3 Å². The molecule has 0 spiro atoms. The average molecular weight is 390 g/mol. The van der Waals surface area contributed by atoms with Gasteiger partial charge in [0.25, 0.3) is 5.91 Å². The first-order chi connectivity index (χ1) is 13.0. The van der Waals surface area contributed by atoms with Gasteiger partial charge in [0.05, 0.1) is 35.7 Å². The third-order valence-electron chi connectivity index (χ3n) is 4.51. The normalized spacial score (nSPS) is 15.9. The van der Waals surface area contributed by atoms with Gasteiger partial charge in [0.15, 0.2) is 0 Å². The highest BCUT2D eigenvalue weighted by molar-refractivity contribution is 6.33. The van der Waals surface area contributed by atoms with Crippen LogP contribution in [0, 0.1) is 0 Å². The Morgan fingerprint density at radius 3 is 2.70 bits per heavy atom. The Labute approximate surface area is 164 Å². The molecule has 144 valence electrons. The number of nitrogens with one attached hydrogen (secondary N) is 1. The average Bonchev–Trinajstić information content (AvgIpc) is 2.70. The van der Waals surface area contributed by atoms with Gasteiger partial charge in [0, 0.05) is 19.2 Å². The van der Waals surface area contributed by atoms with Crippen molar-refractivity contribution in [3.8, 4) is 5.75 Å². The standard InChI is InChI=1S/C20H24ClN3O3/c1-14(24-7-9-26-10-8-24)23-20(25)16-11-17(21)18(22)12-19(16)27-13-15-5-3-2-4-6-15/h2-6,11-12,14H,7-10,13,22H2,1H3,(H,23,25). The maximum absolute atomic E-state index is 12.8. The number of morpholine rings is 1. The second kappa shape index (κ2) is 9.08. The highest BCUT2D eigenvalue weighted by Crippen LogP contribution is 2.29. The monoisotopic (exact) mass is 389 g/mol. The molecule has 0 saturated carbocycles. The number of rotatable bonds is 6. The van der Waals surface area contributed by atoms with E-state index in [0.29, 0.717) is 41.8 Å². The molecule has 1 unspecified atom stereocenters. The van der Waals surface area contributed by atoms with Crippen molar-refractivity contribution in [2.24, 2.45) is 0 Å². The van der Waals surface area contributed by atoms with Crippen molar-refractivity contribution in [2.75, 3.05) is 32.0 Å². The van der Waals surface area contributed by atoms with E-state index in [-0.39, 0.29) is 12.1 Å². The molecular formula is C20H24ClN3O3. The van der Waals surface area contributed by atoms with E-state index in [1.807, 2.05) is 37.3 Å². The smallest absolute Gasteiger partial charge is 0.256 e. The summed E-state index contributed by atoms with van der Waals surface area (Å²) in [5, 5.41) is 3.33. The largest absolute Gasteiger partial charge is 0.488 e. The summed E-state index contributed by atoms with van der Waals surface area (Å²) < 4.78 is 11.2. The molecule has 1 aliphatic heterocycles. The Morgan fingerprint density at radius 2 is 2.00 bits per heavy atom. The number of anilines is 1. The lowest BCUT2D eigenvalue weighted by Crippen LogP contribution is -2.50. The van der Waals surface area contributed by atoms with E-state index >= 15 is 0 Å². The quantitative estimate of drug-likeness (QED) is 0.743. The zero-order valence-electron chi connectivity index (χ0n) is 15.3. The Morgan fingerprint density at radius 1 is 1.30 bits per heavy atom. The third kappa shape index (κ3) is 5.13. The van der Waals surface area contributed by atoms with E-state index in [0.717, 1.165) is 18.7 Å². The number of hydrogen-bond acceptors (Lipinski definition) is 5. The fraction of sp³-hybridized carbons (Fsp3) is 0.350. The molecule has 6 nitrogen and oxygen atoms in total. The number of ether oxygens (including phenoxy) is 2. The van der Waals surface area contributed by atoms with E-state index in [1.165, 1.54) is 0 Å². The minimum absolute atomic E-state index is 0.125. The van der Waals surface area contributed by atoms with E-state index in [2.05, 4.69) is 10.2 Å². The van der Waals surface area contributed by atoms with Gasteiger partial charge in [0.1, 0.15) is 12.4 Å². The summed E-state index contributed by atoms with van der Waals surface area (Å²) in [6.45, 7) is 5.18. The zero-order valence-corrected chi connectivity index (χ0v) is 16.0. The van der Waals surface area contributed by atoms with Crippen LogP contribution in [0.4, 0.5) is 5.69 Å². The van der Waals surface area contributed by atoms with Gasteiger partial charge in [-0.05, 0) is 18.6 Å². The van der Waals surface area contributed by atoms with Crippen LogP contribution in [0.5, 0.6) is 5.75 Å². The molecule has 3 N–H and O–H groups in total. The second-order valence-corrected chi connectivity index (χ2v) is 6.85. The molecule has 1 amide bonds. The van der Waals surface area contributed by atoms with Crippen LogP contribution in [0.15, 0.2) is 42.5 Å². The van der Waals surface area contributed by atoms with Crippen LogP contribution >= 0.6 is 11.6 Å². The van der Waals surface area contributed by atoms with Gasteiger partial charge in [-0.15, -0.1) is 0 Å². The number of halogens is 1. The topological polar surface area (TPSA) is 76.8 Å². The zero-order chi connectivity index (χ0) is 19.2. The van der Waals surface area contributed by atoms with Crippen LogP contribution < -0.4 is 15.8 Å². The summed E-state index contributed by atoms with van der Waals surface area (Å²) in [5.41, 5.74) is 7.65. The van der Waals surface area contributed by atoms with Crippen LogP contribution in [0.1, 0.15) is 22.8 Å². The van der Waals surface area contributed by atoms with Crippen molar-refractivity contribution in [1.82, 2.24) is 10.2 Å². The lowest BCUT2D eigenvalue weighted by molar-refractivity contribution is 0.0132. The van der Waals surface area contributed by atoms with Crippen molar-refractivity contribution in [3.05, 3.63) is 58.6 Å². The number of hydrogen-bond donors (Lipinski definition) is 2. The summed E-state index contributed by atoms with van der Waals surface area (Å²) >= 11 is 6.14. The van der Waals surface area contributed by atoms with Gasteiger partial charge in [0.2, 0.25) is 0 Å². The molecule has 1 saturated heterocycles. The SMILES string of the molecule is CC(NC(=O)c1cc(Cl)c(N)cc1OCc1ccccc1)N1CCOCC1. The minimum Gasteiger partial charge on any atom is -0.488 e. The molecule has 1 aliphatic rings. The summed E-state index contributed by atoms with van der Waals surface area (Å²) in [6.07, 6.45) is -0.125. The van der Waals surface area contributed by atoms with Crippen molar-refractivity contribution < 1.29 is 14.3 Å². The van der Waals surface area contributed by atoms with Crippen molar-refractivity contribution in [2.45, 2.75) is 19.7 Å². The number of carbonyl (C=O) groups is 1. The summed E-state index contributed by atoms with van der Waals surface area (Å²) in [4.78, 5) is 15.0. The van der Waals surface area contributed by atoms with E-state index in [9.17, 15) is 4.79 Å². The van der Waals surface area contributed by atoms with Crippen molar-refractivity contribution in [3.63, 3.8) is 0 Å². The highest BCUT2D eigenvalue weighted by Gasteiger charge is 2.22. The van der Waals surface area contributed by atoms with Crippen LogP contribution in [-0.2, 0) is 11.3 Å². The number of nitrogens with two attached hydrogens (primary N) is 1. The first-order valence-corrected chi connectivity index (χ1v) is 9.31. The second-order valence-electron chi connectivity index (χ2n) is 6.44. The summed E-state index contributed by atoms with van der Waals surface area (Å²) in [5.74, 6) is 0.159. The van der Waals surface area contributed by atoms with E-state index < -0.39 is 0 Å². The molecule has 2 aromatic rings. The molecule has 7 heteroatoms. The van der Waals surface area contributed by atoms with E-state index in [4.69, 9.17) is 26.8 Å². The van der Waals surface area contributed by atoms with Gasteiger partial charge >= 0.3 is 0 Å². The first-order valence-electron chi connectivity index (χ1n) is 8.93. The molecule has 0 bridgehead atoms. The maximum atomic E-state index is 12.8. The van der Waals surface area contributed by atoms with Crippen molar-refractivity contribution >= 4 is 23.2 Å². The van der Waals surface area contributed by atoms with Crippen LogP contribution in [0.2, 0.25) is 5.02 Å². The van der Waals surface area contributed by atoms with Gasteiger partial charge in [-0.2, -0.15) is 0 Å². The summed E-state index contributed by atoms with van der Waals surface area (Å²) in [6, 6.07) is 12.9. The van der Waals surface area contributed by atoms with Crippen molar-refractivity contribution in [1.29, 1.82) is 0 Å². The van der Waals surface area contributed by atoms with Crippen LogP contribution in [0.3, 0.4) is 0 Å². The fourth-order valence-corrected chi connectivity index (χ4v) is 3.09. The number of nitrogen functional groups attached to an aromatic ring is 1. The predicted octanol–water partition coefficient (Wildman–Crippen LogP) is 2.91. The van der Waals surface area contributed by atoms with Gasteiger partial charge in [-0.25, -0.2) is 0 Å². The number of nitrogens with zero attached hydrogens (tertiary/aromatic N) is 1. The Hall–Kier alpha value is -2.28. The van der Waals surface area contributed by atoms with E-state index in [1.54, 1.807) is 12.1 Å². The molecule has 0 radical (unpaired) electrons. The number of amides is 1. The molecule has 1 atom stereocenters. The molecule has 1 fully saturated rings. The molecular weight excluding hydrogens is 366 g/mol. The molecule has 27 heavy (non-hydrogen) atoms. The highest BCUT2D eigenvalue weighted by atomic mass is 35.5. The third-order valence-corrected chi connectivity index (χ3v) is 4.84.